The average molecular weight is 592 g/mol. The van der Waals surface area contributed by atoms with E-state index in [1.807, 2.05) is 26.0 Å². The number of hydrogen-bond acceptors (Lipinski definition) is 7. The Labute approximate surface area is 238 Å². The summed E-state index contributed by atoms with van der Waals surface area (Å²) in [5.41, 5.74) is 3.87. The summed E-state index contributed by atoms with van der Waals surface area (Å²) in [6, 6.07) is 14.4. The molecule has 2 aliphatic rings. The third-order valence-electron chi connectivity index (χ3n) is 8.13. The molecule has 194 valence electrons. The summed E-state index contributed by atoms with van der Waals surface area (Å²) in [6.45, 7) is 5.97. The van der Waals surface area contributed by atoms with Crippen LogP contribution in [-0.4, -0.2) is 32.4 Å². The number of nitrogens with zero attached hydrogens (tertiary/aromatic N) is 3. The number of anilines is 1. The van der Waals surface area contributed by atoms with E-state index in [-0.39, 0.29) is 5.41 Å². The number of nitrogens with two attached hydrogens (primary N) is 1. The lowest BCUT2D eigenvalue weighted by Gasteiger charge is -2.45. The lowest BCUT2D eigenvalue weighted by Crippen LogP contribution is -2.46. The molecular weight excluding hydrogens is 563 g/mol. The van der Waals surface area contributed by atoms with Gasteiger partial charge in [-0.3, -0.25) is 0 Å². The molecule has 2 atom stereocenters. The van der Waals surface area contributed by atoms with Gasteiger partial charge in [0.2, 0.25) is 0 Å². The summed E-state index contributed by atoms with van der Waals surface area (Å²) < 4.78 is 11.9. The van der Waals surface area contributed by atoms with Gasteiger partial charge in [0, 0.05) is 36.4 Å². The zero-order valence-electron chi connectivity index (χ0n) is 20.7. The quantitative estimate of drug-likeness (QED) is 0.244. The summed E-state index contributed by atoms with van der Waals surface area (Å²) in [5.74, 6) is 0.361. The van der Waals surface area contributed by atoms with E-state index in [1.165, 1.54) is 11.1 Å². The van der Waals surface area contributed by atoms with Crippen LogP contribution in [0.15, 0.2) is 42.5 Å². The fourth-order valence-electron chi connectivity index (χ4n) is 5.99. The predicted molar refractivity (Wildman–Crippen MR) is 159 cm³/mol. The number of aromatic nitrogens is 2. The first-order valence-corrected chi connectivity index (χ1v) is 16.0. The fourth-order valence-corrected chi connectivity index (χ4v) is 8.89. The van der Waals surface area contributed by atoms with E-state index in [2.05, 4.69) is 29.2 Å². The SMILES string of the molecule is CC(C)(C[C@@H]1c2ccccc2CC12CCN(c1nc3sc(-c4cccc(Cl)c4Cl)nc3s1)CC2)[S+](N)[O-]. The van der Waals surface area contributed by atoms with Gasteiger partial charge in [0.1, 0.15) is 9.75 Å². The molecule has 1 aliphatic carbocycles. The molecule has 1 spiro atoms. The van der Waals surface area contributed by atoms with Gasteiger partial charge in [-0.15, -0.1) is 0 Å². The highest BCUT2D eigenvalue weighted by molar-refractivity contribution is 7.90. The van der Waals surface area contributed by atoms with Crippen molar-refractivity contribution < 1.29 is 4.55 Å². The van der Waals surface area contributed by atoms with Crippen molar-refractivity contribution in [1.29, 1.82) is 0 Å². The van der Waals surface area contributed by atoms with E-state index in [0.717, 1.165) is 64.1 Å². The van der Waals surface area contributed by atoms with Crippen LogP contribution in [0.1, 0.15) is 50.2 Å². The molecule has 1 fully saturated rings. The van der Waals surface area contributed by atoms with Crippen LogP contribution in [0, 0.1) is 5.41 Å². The largest absolute Gasteiger partial charge is 0.598 e. The third kappa shape index (κ3) is 4.58. The van der Waals surface area contributed by atoms with Crippen LogP contribution in [0.25, 0.3) is 20.2 Å². The van der Waals surface area contributed by atoms with Crippen LogP contribution in [0.3, 0.4) is 0 Å². The second kappa shape index (κ2) is 9.66. The normalized spacial score (nSPS) is 20.1. The van der Waals surface area contributed by atoms with E-state index in [4.69, 9.17) is 38.3 Å². The summed E-state index contributed by atoms with van der Waals surface area (Å²) in [5, 5.41) is 8.85. The minimum absolute atomic E-state index is 0.167. The van der Waals surface area contributed by atoms with E-state index < -0.39 is 16.1 Å². The fraction of sp³-hybridized carbons (Fsp3) is 0.407. The average Bonchev–Trinajstić information content (AvgIpc) is 3.52. The van der Waals surface area contributed by atoms with Crippen molar-refractivity contribution in [3.05, 3.63) is 63.6 Å². The van der Waals surface area contributed by atoms with Crippen LogP contribution >= 0.6 is 45.9 Å². The van der Waals surface area contributed by atoms with Gasteiger partial charge in [-0.05, 0) is 61.6 Å². The molecule has 2 N–H and O–H groups in total. The number of piperidine rings is 1. The Bertz CT molecular complexity index is 1430. The maximum absolute atomic E-state index is 12.3. The highest BCUT2D eigenvalue weighted by atomic mass is 35.5. The molecule has 0 radical (unpaired) electrons. The van der Waals surface area contributed by atoms with Gasteiger partial charge in [0.15, 0.2) is 14.8 Å². The molecule has 2 aromatic carbocycles. The third-order valence-corrected chi connectivity index (χ3v) is 12.3. The van der Waals surface area contributed by atoms with E-state index in [9.17, 15) is 4.55 Å². The molecule has 1 saturated heterocycles. The van der Waals surface area contributed by atoms with Gasteiger partial charge in [-0.25, -0.2) is 9.97 Å². The highest BCUT2D eigenvalue weighted by Crippen LogP contribution is 2.57. The van der Waals surface area contributed by atoms with Crippen LogP contribution in [0.2, 0.25) is 10.0 Å². The van der Waals surface area contributed by atoms with Gasteiger partial charge in [0.05, 0.1) is 10.0 Å². The van der Waals surface area contributed by atoms with Gasteiger partial charge < -0.3 is 9.45 Å². The number of hydrogen-bond donors (Lipinski definition) is 1. The zero-order chi connectivity index (χ0) is 25.9. The zero-order valence-corrected chi connectivity index (χ0v) is 24.6. The number of fused-ring (bicyclic) bond motifs is 2. The van der Waals surface area contributed by atoms with Gasteiger partial charge in [0.25, 0.3) is 0 Å². The molecule has 2 aromatic heterocycles. The summed E-state index contributed by atoms with van der Waals surface area (Å²) in [6.07, 6.45) is 4.05. The lowest BCUT2D eigenvalue weighted by atomic mass is 9.67. The molecule has 4 aromatic rings. The minimum atomic E-state index is -1.37. The Morgan fingerprint density at radius 1 is 1.08 bits per heavy atom. The smallest absolute Gasteiger partial charge is 0.188 e. The maximum Gasteiger partial charge on any atom is 0.188 e. The Morgan fingerprint density at radius 3 is 2.54 bits per heavy atom. The molecule has 10 heteroatoms. The van der Waals surface area contributed by atoms with Crippen LogP contribution < -0.4 is 10.0 Å². The Kier molecular flexibility index (Phi) is 6.75. The first-order valence-electron chi connectivity index (χ1n) is 12.4. The standard InChI is InChI=1S/C27H28Cl2N4OS3/c1-26(2,37(30)34)15-19-17-7-4-3-6-16(17)14-27(19)10-12-33(13-11-27)25-32-24-23(36-25)31-22(35-24)18-8-5-9-20(28)21(18)29/h3-9,19H,10-15,30H2,1-2H3/t19-,37?/m1/s1. The van der Waals surface area contributed by atoms with E-state index in [0.29, 0.717) is 16.0 Å². The topological polar surface area (TPSA) is 78.1 Å². The molecule has 37 heavy (non-hydrogen) atoms. The van der Waals surface area contributed by atoms with Crippen molar-refractivity contribution in [2.75, 3.05) is 18.0 Å². The van der Waals surface area contributed by atoms with Crippen molar-refractivity contribution in [2.24, 2.45) is 10.6 Å². The molecule has 6 rings (SSSR count). The summed E-state index contributed by atoms with van der Waals surface area (Å²) in [7, 11) is 0. The number of benzene rings is 2. The Morgan fingerprint density at radius 2 is 1.81 bits per heavy atom. The second-order valence-corrected chi connectivity index (χ2v) is 15.2. The first kappa shape index (κ1) is 25.9. The van der Waals surface area contributed by atoms with Crippen LogP contribution in [0.5, 0.6) is 0 Å². The van der Waals surface area contributed by atoms with Crippen molar-refractivity contribution in [1.82, 2.24) is 9.97 Å². The van der Waals surface area contributed by atoms with Crippen molar-refractivity contribution in [2.45, 2.75) is 50.2 Å². The van der Waals surface area contributed by atoms with Crippen LogP contribution in [0.4, 0.5) is 5.13 Å². The van der Waals surface area contributed by atoms with Crippen LogP contribution in [-0.2, 0) is 17.8 Å². The molecule has 1 unspecified atom stereocenters. The molecular formula is C27H28Cl2N4OS3. The van der Waals surface area contributed by atoms with E-state index >= 15 is 0 Å². The van der Waals surface area contributed by atoms with Crippen molar-refractivity contribution in [3.8, 4) is 10.6 Å². The Balaban J connectivity index is 1.23. The minimum Gasteiger partial charge on any atom is -0.598 e. The first-order chi connectivity index (χ1) is 17.7. The van der Waals surface area contributed by atoms with Crippen molar-refractivity contribution in [3.63, 3.8) is 0 Å². The van der Waals surface area contributed by atoms with E-state index in [1.54, 1.807) is 28.7 Å². The maximum atomic E-state index is 12.3. The number of halogens is 2. The monoisotopic (exact) mass is 590 g/mol. The summed E-state index contributed by atoms with van der Waals surface area (Å²) in [4.78, 5) is 14.1. The van der Waals surface area contributed by atoms with Gasteiger partial charge in [-0.1, -0.05) is 82.3 Å². The summed E-state index contributed by atoms with van der Waals surface area (Å²) >= 11 is 14.5. The molecule has 5 nitrogen and oxygen atoms in total. The van der Waals surface area contributed by atoms with Gasteiger partial charge >= 0.3 is 0 Å². The lowest BCUT2D eigenvalue weighted by molar-refractivity contribution is 0.170. The highest BCUT2D eigenvalue weighted by Gasteiger charge is 2.50. The molecule has 0 saturated carbocycles. The predicted octanol–water partition coefficient (Wildman–Crippen LogP) is 7.44. The molecule has 0 bridgehead atoms. The second-order valence-electron chi connectivity index (χ2n) is 10.8. The van der Waals surface area contributed by atoms with Gasteiger partial charge in [-0.2, -0.15) is 5.14 Å². The molecule has 0 amide bonds. The van der Waals surface area contributed by atoms with Crippen molar-refractivity contribution >= 4 is 72.0 Å². The number of rotatable bonds is 5. The Hall–Kier alpha value is -1.39. The number of thiazole rings is 2. The molecule has 1 aliphatic heterocycles. The molecule has 3 heterocycles.